The van der Waals surface area contributed by atoms with Crippen molar-refractivity contribution in [2.45, 2.75) is 57.2 Å². The number of aliphatic hydroxyl groups is 1. The third kappa shape index (κ3) is 7.83. The second kappa shape index (κ2) is 15.8. The number of nitrogens with one attached hydrogen (secondary N) is 3. The molecule has 3 fully saturated rings. The molecule has 1 saturated carbocycles. The van der Waals surface area contributed by atoms with Crippen molar-refractivity contribution in [3.8, 4) is 5.69 Å². The number of pyridine rings is 1. The molecule has 6 N–H and O–H groups in total. The van der Waals surface area contributed by atoms with Crippen molar-refractivity contribution < 1.29 is 28.6 Å². The van der Waals surface area contributed by atoms with Crippen LogP contribution in [0.1, 0.15) is 70.4 Å². The first-order chi connectivity index (χ1) is 26.1. The number of piperazine rings is 1. The van der Waals surface area contributed by atoms with Gasteiger partial charge in [-0.25, -0.2) is 14.1 Å². The molecule has 0 bridgehead atoms. The van der Waals surface area contributed by atoms with Crippen LogP contribution in [-0.2, 0) is 16.1 Å². The van der Waals surface area contributed by atoms with Crippen LogP contribution < -0.4 is 26.6 Å². The van der Waals surface area contributed by atoms with E-state index in [-0.39, 0.29) is 40.3 Å². The number of aliphatic hydroxyl groups excluding tert-OH is 1. The molecule has 14 nitrogen and oxygen atoms in total. The molecule has 54 heavy (non-hydrogen) atoms. The van der Waals surface area contributed by atoms with Gasteiger partial charge in [-0.1, -0.05) is 12.6 Å². The maximum absolute atomic E-state index is 14.9. The number of primary amides is 1. The highest BCUT2D eigenvalue weighted by Crippen LogP contribution is 2.40. The van der Waals surface area contributed by atoms with Crippen molar-refractivity contribution in [3.63, 3.8) is 0 Å². The average molecular weight is 738 g/mol. The average Bonchev–Trinajstić information content (AvgIpc) is 3.94. The largest absolute Gasteiger partial charge is 0.391 e. The van der Waals surface area contributed by atoms with E-state index in [0.717, 1.165) is 69.8 Å². The molecule has 2 aromatic heterocycles. The first kappa shape index (κ1) is 36.7. The Morgan fingerprint density at radius 2 is 1.81 bits per heavy atom. The maximum Gasteiger partial charge on any atom is 0.259 e. The Morgan fingerprint density at radius 3 is 2.50 bits per heavy atom. The van der Waals surface area contributed by atoms with E-state index in [1.165, 1.54) is 35.3 Å². The summed E-state index contributed by atoms with van der Waals surface area (Å²) in [4.78, 5) is 47.4. The zero-order chi connectivity index (χ0) is 37.9. The molecule has 0 spiro atoms. The van der Waals surface area contributed by atoms with Gasteiger partial charge in [0.2, 0.25) is 5.91 Å². The van der Waals surface area contributed by atoms with Crippen molar-refractivity contribution in [2.24, 2.45) is 5.73 Å². The van der Waals surface area contributed by atoms with Gasteiger partial charge in [0.25, 0.3) is 11.8 Å². The van der Waals surface area contributed by atoms with Gasteiger partial charge in [0.1, 0.15) is 17.2 Å². The highest BCUT2D eigenvalue weighted by molar-refractivity contribution is 6.05. The Hall–Kier alpha value is -5.64. The minimum atomic E-state index is -0.768. The molecule has 15 heteroatoms. The van der Waals surface area contributed by atoms with E-state index in [9.17, 15) is 23.9 Å². The Kier molecular flexibility index (Phi) is 10.7. The molecule has 282 valence electrons. The summed E-state index contributed by atoms with van der Waals surface area (Å²) in [6.07, 6.45) is 8.04. The van der Waals surface area contributed by atoms with Crippen LogP contribution in [-0.4, -0.2) is 87.4 Å². The third-order valence-corrected chi connectivity index (χ3v) is 10.3. The lowest BCUT2D eigenvalue weighted by Gasteiger charge is -2.45. The van der Waals surface area contributed by atoms with Crippen LogP contribution in [0.5, 0.6) is 0 Å². The number of carbonyl (C=O) groups excluding carboxylic acids is 3. The quantitative estimate of drug-likeness (QED) is 0.128. The molecule has 1 atom stereocenters. The van der Waals surface area contributed by atoms with E-state index in [1.54, 1.807) is 18.2 Å². The minimum absolute atomic E-state index is 0.00249. The Labute approximate surface area is 312 Å². The normalized spacial score (nSPS) is 17.9. The standard InChI is InChI=1S/C39H44FN9O5/c1-3-35(51)44-32-19-26(7-9-34(32)48-15-14-47(20-23(48)2)27-11-16-54-17-12-27)43-38-29(36(41)52)21-49(46-38)33-10-13-42-37(30(33)22-50)45-39(53)28-8-6-25(18-31(28)40)24-4-5-24/h3,6-10,13,18-19,21,23-24,27,50H,1,4-5,11-12,14-17,20,22H2,2H3,(H2,41,52)(H,43,46)(H,44,51)(H,42,45,53)/t23-/m0/s1. The van der Waals surface area contributed by atoms with Gasteiger partial charge >= 0.3 is 0 Å². The monoisotopic (exact) mass is 737 g/mol. The molecular weight excluding hydrogens is 693 g/mol. The Balaban J connectivity index is 1.13. The highest BCUT2D eigenvalue weighted by atomic mass is 19.1. The number of hydrogen-bond acceptors (Lipinski definition) is 10. The van der Waals surface area contributed by atoms with Crippen LogP contribution in [0.25, 0.3) is 5.69 Å². The van der Waals surface area contributed by atoms with Crippen molar-refractivity contribution in [1.82, 2.24) is 19.7 Å². The van der Waals surface area contributed by atoms with Gasteiger partial charge < -0.3 is 36.4 Å². The molecule has 1 aliphatic carbocycles. The van der Waals surface area contributed by atoms with Gasteiger partial charge in [0, 0.05) is 68.6 Å². The number of anilines is 5. The number of halogens is 1. The third-order valence-electron chi connectivity index (χ3n) is 10.3. The molecule has 0 radical (unpaired) electrons. The van der Waals surface area contributed by atoms with E-state index in [1.807, 2.05) is 12.1 Å². The van der Waals surface area contributed by atoms with Crippen molar-refractivity contribution in [1.29, 1.82) is 0 Å². The van der Waals surface area contributed by atoms with E-state index in [2.05, 4.69) is 49.3 Å². The molecular formula is C39H44FN9O5. The Morgan fingerprint density at radius 1 is 1.02 bits per heavy atom. The number of nitrogens with two attached hydrogens (primary N) is 1. The SMILES string of the molecule is C=CC(=O)Nc1cc(Nc2nn(-c3ccnc(NC(=O)c4ccc(C5CC5)cc4F)c3CO)cc2C(N)=O)ccc1N1CCN(C2CCOCC2)C[C@@H]1C. The van der Waals surface area contributed by atoms with Gasteiger partial charge in [-0.3, -0.25) is 19.3 Å². The van der Waals surface area contributed by atoms with Gasteiger partial charge in [0.05, 0.1) is 29.2 Å². The van der Waals surface area contributed by atoms with E-state index >= 15 is 0 Å². The summed E-state index contributed by atoms with van der Waals surface area (Å²) in [5, 5.41) is 23.7. The summed E-state index contributed by atoms with van der Waals surface area (Å²) in [6, 6.07) is 12.3. The molecule has 4 aromatic rings. The zero-order valence-corrected chi connectivity index (χ0v) is 30.1. The number of ether oxygens (including phenoxy) is 1. The smallest absolute Gasteiger partial charge is 0.259 e. The summed E-state index contributed by atoms with van der Waals surface area (Å²) in [5.74, 6) is -2.08. The van der Waals surface area contributed by atoms with Crippen LogP contribution in [0, 0.1) is 5.82 Å². The molecule has 3 amide bonds. The van der Waals surface area contributed by atoms with Gasteiger partial charge in [-0.05, 0) is 86.6 Å². The molecule has 0 unspecified atom stereocenters. The van der Waals surface area contributed by atoms with E-state index in [0.29, 0.717) is 29.0 Å². The fraction of sp³-hybridized carbons (Fsp3) is 0.359. The molecule has 2 saturated heterocycles. The second-order valence-corrected chi connectivity index (χ2v) is 13.9. The lowest BCUT2D eigenvalue weighted by molar-refractivity contribution is -0.111. The molecule has 4 heterocycles. The number of nitrogens with zero attached hydrogens (tertiary/aromatic N) is 5. The van der Waals surface area contributed by atoms with E-state index < -0.39 is 24.2 Å². The second-order valence-electron chi connectivity index (χ2n) is 13.9. The van der Waals surface area contributed by atoms with Crippen molar-refractivity contribution in [2.75, 3.05) is 53.7 Å². The van der Waals surface area contributed by atoms with Crippen LogP contribution >= 0.6 is 0 Å². The van der Waals surface area contributed by atoms with Crippen LogP contribution in [0.15, 0.2) is 67.5 Å². The maximum atomic E-state index is 14.9. The summed E-state index contributed by atoms with van der Waals surface area (Å²) in [5.41, 5.74) is 8.90. The lowest BCUT2D eigenvalue weighted by atomic mass is 10.0. The molecule has 7 rings (SSSR count). The fourth-order valence-electron chi connectivity index (χ4n) is 7.30. The number of aromatic nitrogens is 3. The zero-order valence-electron chi connectivity index (χ0n) is 30.1. The van der Waals surface area contributed by atoms with E-state index in [4.69, 9.17) is 10.5 Å². The van der Waals surface area contributed by atoms with Crippen molar-refractivity contribution in [3.05, 3.63) is 95.6 Å². The highest BCUT2D eigenvalue weighted by Gasteiger charge is 2.31. The number of amides is 3. The van der Waals surface area contributed by atoms with Gasteiger partial charge in [0.15, 0.2) is 5.82 Å². The predicted molar refractivity (Wildman–Crippen MR) is 203 cm³/mol. The summed E-state index contributed by atoms with van der Waals surface area (Å²) in [6.45, 7) is 9.30. The summed E-state index contributed by atoms with van der Waals surface area (Å²) >= 11 is 0. The molecule has 3 aliphatic rings. The minimum Gasteiger partial charge on any atom is -0.391 e. The van der Waals surface area contributed by atoms with Crippen LogP contribution in [0.2, 0.25) is 0 Å². The number of carbonyl (C=O) groups is 3. The van der Waals surface area contributed by atoms with Crippen LogP contribution in [0.4, 0.5) is 33.1 Å². The first-order valence-corrected chi connectivity index (χ1v) is 18.2. The first-order valence-electron chi connectivity index (χ1n) is 18.2. The number of rotatable bonds is 12. The molecule has 2 aromatic carbocycles. The predicted octanol–water partition coefficient (Wildman–Crippen LogP) is 4.68. The summed E-state index contributed by atoms with van der Waals surface area (Å²) in [7, 11) is 0. The number of benzene rings is 2. The fourth-order valence-corrected chi connectivity index (χ4v) is 7.30. The number of hydrogen-bond donors (Lipinski definition) is 5. The lowest BCUT2D eigenvalue weighted by Crippen LogP contribution is -2.56. The van der Waals surface area contributed by atoms with Crippen molar-refractivity contribution >= 4 is 46.4 Å². The van der Waals surface area contributed by atoms with Gasteiger partial charge in [-0.2, -0.15) is 0 Å². The van der Waals surface area contributed by atoms with Gasteiger partial charge in [-0.15, -0.1) is 5.10 Å². The summed E-state index contributed by atoms with van der Waals surface area (Å²) < 4.78 is 21.8. The molecule has 2 aliphatic heterocycles. The topological polar surface area (TPSA) is 180 Å². The van der Waals surface area contributed by atoms with Crippen LogP contribution in [0.3, 0.4) is 0 Å². The Bertz CT molecular complexity index is 2080.